The molecule has 0 saturated heterocycles. The van der Waals surface area contributed by atoms with Crippen LogP contribution in [0.3, 0.4) is 0 Å². The first-order chi connectivity index (χ1) is 9.60. The van der Waals surface area contributed by atoms with E-state index in [0.717, 1.165) is 51.4 Å². The lowest BCUT2D eigenvalue weighted by atomic mass is 10.2. The van der Waals surface area contributed by atoms with Crippen LogP contribution < -0.4 is 0 Å². The fourth-order valence-corrected chi connectivity index (χ4v) is 3.03. The van der Waals surface area contributed by atoms with Gasteiger partial charge >= 0.3 is 13.9 Å². The summed E-state index contributed by atoms with van der Waals surface area (Å²) in [6.45, 7) is 4.22. The van der Waals surface area contributed by atoms with Crippen LogP contribution >= 0.6 is 10.0 Å². The average molecular weight is 321 g/mol. The molecule has 0 aromatic rings. The van der Waals surface area contributed by atoms with Gasteiger partial charge in [-0.05, 0) is 12.8 Å². The van der Waals surface area contributed by atoms with Crippen molar-refractivity contribution in [3.05, 3.63) is 0 Å². The standard InChI is InChI=1S/2C7H14O2.Al.ClH/c2*1-2-3-4-5-6-7(8)9;;/h2*2-6H2,1H3,(H,8,9);;1H/q;;+3;/p-3. The number of hydrogen-bond acceptors (Lipinski definition) is 4. The summed E-state index contributed by atoms with van der Waals surface area (Å²) in [5.74, 6) is -0.710. The van der Waals surface area contributed by atoms with Crippen molar-refractivity contribution in [2.75, 3.05) is 0 Å². The highest BCUT2D eigenvalue weighted by Crippen LogP contribution is 2.08. The summed E-state index contributed by atoms with van der Waals surface area (Å²) in [4.78, 5) is 22.9. The quantitative estimate of drug-likeness (QED) is 0.399. The molecule has 0 aromatic heterocycles. The maximum atomic E-state index is 11.4. The van der Waals surface area contributed by atoms with Crippen molar-refractivity contribution >= 4 is 35.9 Å². The van der Waals surface area contributed by atoms with Crippen molar-refractivity contribution in [1.82, 2.24) is 0 Å². The van der Waals surface area contributed by atoms with Crippen LogP contribution in [0.5, 0.6) is 0 Å². The number of carbonyl (C=O) groups is 2. The Labute approximate surface area is 131 Å². The predicted octanol–water partition coefficient (Wildman–Crippen LogP) is 4.24. The van der Waals surface area contributed by atoms with Gasteiger partial charge in [0, 0.05) is 12.8 Å². The predicted molar refractivity (Wildman–Crippen MR) is 81.3 cm³/mol. The maximum absolute atomic E-state index is 11.4. The lowest BCUT2D eigenvalue weighted by Crippen LogP contribution is -2.24. The van der Waals surface area contributed by atoms with Crippen LogP contribution in [-0.2, 0) is 17.2 Å². The van der Waals surface area contributed by atoms with Crippen LogP contribution in [0.1, 0.15) is 78.1 Å². The number of carbonyl (C=O) groups excluding carboxylic acids is 2. The highest BCUT2D eigenvalue weighted by molar-refractivity contribution is 7.00. The highest BCUT2D eigenvalue weighted by Gasteiger charge is 2.34. The second-order valence-corrected chi connectivity index (χ2v) is 6.96. The molecule has 0 atom stereocenters. The Morgan fingerprint density at radius 3 is 1.55 bits per heavy atom. The molecular formula is C14H26AlClO4. The molecule has 0 heterocycles. The molecule has 0 fully saturated rings. The topological polar surface area (TPSA) is 52.6 Å². The van der Waals surface area contributed by atoms with E-state index < -0.39 is 13.9 Å². The summed E-state index contributed by atoms with van der Waals surface area (Å²) in [5.41, 5.74) is 0. The SMILES string of the molecule is CCCCCCC(=O)[O][Al]([Cl])[O]C(=O)CCCCCC. The Bertz CT molecular complexity index is 248. The molecule has 20 heavy (non-hydrogen) atoms. The van der Waals surface area contributed by atoms with Crippen LogP contribution in [0.25, 0.3) is 0 Å². The number of hydrogen-bond donors (Lipinski definition) is 0. The molecule has 0 N–H and O–H groups in total. The molecule has 0 saturated carbocycles. The molecule has 0 aliphatic heterocycles. The average Bonchev–Trinajstić information content (AvgIpc) is 2.39. The van der Waals surface area contributed by atoms with Gasteiger partial charge in [-0.3, -0.25) is 9.59 Å². The third-order valence-electron chi connectivity index (χ3n) is 2.92. The summed E-state index contributed by atoms with van der Waals surface area (Å²) in [5, 5.41) is 0. The van der Waals surface area contributed by atoms with Gasteiger partial charge in [0.1, 0.15) is 0 Å². The van der Waals surface area contributed by atoms with Gasteiger partial charge in [0.25, 0.3) is 11.9 Å². The van der Waals surface area contributed by atoms with Gasteiger partial charge in [-0.25, -0.2) is 0 Å². The van der Waals surface area contributed by atoms with E-state index in [4.69, 9.17) is 17.6 Å². The van der Waals surface area contributed by atoms with Gasteiger partial charge in [0.2, 0.25) is 0 Å². The minimum absolute atomic E-state index is 0.351. The molecule has 0 amide bonds. The number of unbranched alkanes of at least 4 members (excludes halogenated alkanes) is 6. The third-order valence-corrected chi connectivity index (χ3v) is 4.35. The molecule has 0 aliphatic rings. The van der Waals surface area contributed by atoms with Crippen LogP contribution in [0.2, 0.25) is 0 Å². The van der Waals surface area contributed by atoms with Crippen LogP contribution in [0.4, 0.5) is 0 Å². The van der Waals surface area contributed by atoms with Crippen LogP contribution in [0.15, 0.2) is 0 Å². The van der Waals surface area contributed by atoms with Crippen molar-refractivity contribution in [3.63, 3.8) is 0 Å². The zero-order valence-electron chi connectivity index (χ0n) is 12.7. The summed E-state index contributed by atoms with van der Waals surface area (Å²) >= 11 is -2.66. The summed E-state index contributed by atoms with van der Waals surface area (Å²) in [6, 6.07) is 0. The first-order valence-electron chi connectivity index (χ1n) is 7.63. The van der Waals surface area contributed by atoms with E-state index in [1.54, 1.807) is 0 Å². The van der Waals surface area contributed by atoms with E-state index in [-0.39, 0.29) is 11.9 Å². The first kappa shape index (κ1) is 19.8. The summed E-state index contributed by atoms with van der Waals surface area (Å²) < 4.78 is 9.90. The Kier molecular flexibility index (Phi) is 13.6. The summed E-state index contributed by atoms with van der Waals surface area (Å²) in [6.07, 6.45) is 8.80. The van der Waals surface area contributed by atoms with Crippen molar-refractivity contribution in [1.29, 1.82) is 0 Å². The van der Waals surface area contributed by atoms with Crippen molar-refractivity contribution in [2.45, 2.75) is 78.1 Å². The fourth-order valence-electron chi connectivity index (χ4n) is 1.74. The van der Waals surface area contributed by atoms with Gasteiger partial charge in [0.05, 0.1) is 0 Å². The van der Waals surface area contributed by atoms with Crippen molar-refractivity contribution < 1.29 is 17.2 Å². The van der Waals surface area contributed by atoms with E-state index in [2.05, 4.69) is 13.8 Å². The van der Waals surface area contributed by atoms with E-state index in [1.165, 1.54) is 0 Å². The van der Waals surface area contributed by atoms with E-state index >= 15 is 0 Å². The Balaban J connectivity index is 3.61. The second-order valence-electron chi connectivity index (χ2n) is 4.88. The molecule has 6 heteroatoms. The van der Waals surface area contributed by atoms with Gasteiger partial charge in [0.15, 0.2) is 0 Å². The second kappa shape index (κ2) is 13.7. The Hall–Kier alpha value is -0.238. The molecule has 4 nitrogen and oxygen atoms in total. The summed E-state index contributed by atoms with van der Waals surface area (Å²) in [7, 11) is 5.80. The minimum atomic E-state index is -2.66. The molecule has 0 aromatic carbocycles. The van der Waals surface area contributed by atoms with Crippen LogP contribution in [-0.4, -0.2) is 25.8 Å². The molecule has 0 bridgehead atoms. The molecule has 0 rings (SSSR count). The largest absolute Gasteiger partial charge is 1.00 e. The van der Waals surface area contributed by atoms with Gasteiger partial charge in [-0.2, -0.15) is 10.0 Å². The molecule has 0 aliphatic carbocycles. The van der Waals surface area contributed by atoms with E-state index in [9.17, 15) is 9.59 Å². The Morgan fingerprint density at radius 1 is 0.800 bits per heavy atom. The lowest BCUT2D eigenvalue weighted by molar-refractivity contribution is -0.139. The van der Waals surface area contributed by atoms with Crippen molar-refractivity contribution in [2.24, 2.45) is 0 Å². The maximum Gasteiger partial charge on any atom is 1.00 e. The molecule has 0 radical (unpaired) electrons. The highest BCUT2D eigenvalue weighted by atomic mass is 35.6. The van der Waals surface area contributed by atoms with Gasteiger partial charge in [-0.15, -0.1) is 0 Å². The molecule has 0 unspecified atom stereocenters. The zero-order valence-corrected chi connectivity index (χ0v) is 14.6. The molecular weight excluding hydrogens is 295 g/mol. The van der Waals surface area contributed by atoms with Crippen molar-refractivity contribution in [3.8, 4) is 0 Å². The number of halogens is 1. The monoisotopic (exact) mass is 320 g/mol. The van der Waals surface area contributed by atoms with E-state index in [1.807, 2.05) is 0 Å². The minimum Gasteiger partial charge on any atom is -0.573 e. The van der Waals surface area contributed by atoms with E-state index in [0.29, 0.717) is 12.8 Å². The Morgan fingerprint density at radius 2 is 1.20 bits per heavy atom. The van der Waals surface area contributed by atoms with Crippen LogP contribution in [0, 0.1) is 0 Å². The molecule has 0 spiro atoms. The smallest absolute Gasteiger partial charge is 0.573 e. The normalized spacial score (nSPS) is 10.2. The third kappa shape index (κ3) is 12.8. The number of rotatable bonds is 12. The fraction of sp³-hybridized carbons (Fsp3) is 0.857. The molecule has 116 valence electrons. The first-order valence-corrected chi connectivity index (χ1v) is 10.3. The van der Waals surface area contributed by atoms with Gasteiger partial charge < -0.3 is 7.58 Å². The zero-order chi connectivity index (χ0) is 15.2. The van der Waals surface area contributed by atoms with Gasteiger partial charge in [-0.1, -0.05) is 52.4 Å². The lowest BCUT2D eigenvalue weighted by Gasteiger charge is -2.09.